The van der Waals surface area contributed by atoms with Gasteiger partial charge in [-0.15, -0.1) is 11.3 Å². The summed E-state index contributed by atoms with van der Waals surface area (Å²) in [4.78, 5) is 38.9. The molecular formula is C15H18N2O4S. The average molecular weight is 322 g/mol. The number of aryl methyl sites for hydroxylation is 2. The van der Waals surface area contributed by atoms with Gasteiger partial charge in [0, 0.05) is 10.9 Å². The first-order valence-corrected chi connectivity index (χ1v) is 8.13. The van der Waals surface area contributed by atoms with Crippen molar-refractivity contribution in [1.29, 1.82) is 0 Å². The third kappa shape index (κ3) is 2.11. The fourth-order valence-corrected chi connectivity index (χ4v) is 4.51. The van der Waals surface area contributed by atoms with Crippen LogP contribution in [-0.4, -0.2) is 22.2 Å². The van der Waals surface area contributed by atoms with Crippen LogP contribution in [-0.2, 0) is 28.9 Å². The number of hydrogen-bond acceptors (Lipinski definition) is 5. The quantitative estimate of drug-likeness (QED) is 0.802. The molecule has 0 fully saturated rings. The molecule has 0 aromatic carbocycles. The van der Waals surface area contributed by atoms with Gasteiger partial charge in [0.15, 0.2) is 0 Å². The highest BCUT2D eigenvalue weighted by Gasteiger charge is 2.25. The third-order valence-corrected chi connectivity index (χ3v) is 5.34. The van der Waals surface area contributed by atoms with Crippen molar-refractivity contribution in [2.45, 2.75) is 45.7 Å². The van der Waals surface area contributed by atoms with Crippen molar-refractivity contribution in [3.8, 4) is 0 Å². The highest BCUT2D eigenvalue weighted by atomic mass is 32.1. The van der Waals surface area contributed by atoms with Crippen molar-refractivity contribution < 1.29 is 9.53 Å². The Labute approximate surface area is 130 Å². The number of thiophene rings is 1. The molecule has 2 aromatic heterocycles. The van der Waals surface area contributed by atoms with Crippen LogP contribution in [0.3, 0.4) is 0 Å². The van der Waals surface area contributed by atoms with Crippen molar-refractivity contribution in [2.24, 2.45) is 0 Å². The standard InChI is InChI=1S/C15H18N2O4S/c1-8(2)17-14-12(9-5-4-6-10(9)22-14)13(19)16(15(17)20)7-11(18)21-3/h8H,4-7H2,1-3H3. The summed E-state index contributed by atoms with van der Waals surface area (Å²) >= 11 is 1.54. The van der Waals surface area contributed by atoms with Crippen LogP contribution < -0.4 is 11.2 Å². The minimum atomic E-state index is -0.597. The minimum absolute atomic E-state index is 0.0849. The summed E-state index contributed by atoms with van der Waals surface area (Å²) in [7, 11) is 1.25. The molecule has 0 radical (unpaired) electrons. The Hall–Kier alpha value is -1.89. The predicted octanol–water partition coefficient (Wildman–Crippen LogP) is 1.47. The number of aromatic nitrogens is 2. The lowest BCUT2D eigenvalue weighted by Crippen LogP contribution is -2.42. The summed E-state index contributed by atoms with van der Waals surface area (Å²) in [5, 5.41) is 0.606. The van der Waals surface area contributed by atoms with E-state index in [0.29, 0.717) is 5.39 Å². The molecule has 0 amide bonds. The van der Waals surface area contributed by atoms with Crippen LogP contribution in [0.15, 0.2) is 9.59 Å². The Morgan fingerprint density at radius 1 is 1.32 bits per heavy atom. The summed E-state index contributed by atoms with van der Waals surface area (Å²) in [5.41, 5.74) is 0.234. The van der Waals surface area contributed by atoms with E-state index in [4.69, 9.17) is 0 Å². The molecule has 1 aliphatic rings. The van der Waals surface area contributed by atoms with Crippen LogP contribution in [0.1, 0.15) is 36.8 Å². The van der Waals surface area contributed by atoms with Gasteiger partial charge in [-0.05, 0) is 38.7 Å². The maximum Gasteiger partial charge on any atom is 0.332 e. The molecule has 22 heavy (non-hydrogen) atoms. The van der Waals surface area contributed by atoms with E-state index >= 15 is 0 Å². The molecule has 1 aliphatic carbocycles. The molecule has 0 unspecified atom stereocenters. The van der Waals surface area contributed by atoms with Crippen molar-refractivity contribution in [1.82, 2.24) is 9.13 Å². The second-order valence-electron chi connectivity index (χ2n) is 5.75. The van der Waals surface area contributed by atoms with E-state index in [1.54, 1.807) is 4.57 Å². The molecule has 7 heteroatoms. The average Bonchev–Trinajstić information content (AvgIpc) is 3.03. The first-order valence-electron chi connectivity index (χ1n) is 7.32. The molecule has 0 saturated carbocycles. The Balaban J connectivity index is 2.39. The first-order chi connectivity index (χ1) is 10.5. The SMILES string of the molecule is COC(=O)Cn1c(=O)c2c3c(sc2n(C(C)C)c1=O)CCC3. The number of carbonyl (C=O) groups excluding carboxylic acids is 1. The molecule has 0 bridgehead atoms. The van der Waals surface area contributed by atoms with E-state index in [0.717, 1.165) is 34.2 Å². The van der Waals surface area contributed by atoms with Gasteiger partial charge in [-0.25, -0.2) is 9.36 Å². The second kappa shape index (κ2) is 5.39. The summed E-state index contributed by atoms with van der Waals surface area (Å²) in [6.07, 6.45) is 2.85. The lowest BCUT2D eigenvalue weighted by molar-refractivity contribution is -0.141. The maximum atomic E-state index is 12.7. The lowest BCUT2D eigenvalue weighted by atomic mass is 10.2. The molecule has 0 atom stereocenters. The molecule has 3 rings (SSSR count). The lowest BCUT2D eigenvalue weighted by Gasteiger charge is -2.14. The van der Waals surface area contributed by atoms with Gasteiger partial charge < -0.3 is 4.74 Å². The highest BCUT2D eigenvalue weighted by Crippen LogP contribution is 2.35. The van der Waals surface area contributed by atoms with Gasteiger partial charge in [-0.1, -0.05) is 0 Å². The van der Waals surface area contributed by atoms with Gasteiger partial charge in [-0.3, -0.25) is 14.2 Å². The van der Waals surface area contributed by atoms with E-state index in [1.807, 2.05) is 13.8 Å². The Bertz CT molecular complexity index is 872. The van der Waals surface area contributed by atoms with Gasteiger partial charge in [-0.2, -0.15) is 0 Å². The number of methoxy groups -OCH3 is 1. The molecule has 2 aromatic rings. The Kier molecular flexibility index (Phi) is 3.68. The minimum Gasteiger partial charge on any atom is -0.468 e. The van der Waals surface area contributed by atoms with Crippen molar-refractivity contribution in [3.05, 3.63) is 31.3 Å². The van der Waals surface area contributed by atoms with Crippen LogP contribution in [0.25, 0.3) is 10.2 Å². The highest BCUT2D eigenvalue weighted by molar-refractivity contribution is 7.18. The smallest absolute Gasteiger partial charge is 0.332 e. The van der Waals surface area contributed by atoms with E-state index < -0.39 is 11.7 Å². The zero-order valence-corrected chi connectivity index (χ0v) is 13.7. The fourth-order valence-electron chi connectivity index (χ4n) is 3.01. The van der Waals surface area contributed by atoms with Crippen LogP contribution >= 0.6 is 11.3 Å². The molecule has 0 aliphatic heterocycles. The Morgan fingerprint density at radius 2 is 2.05 bits per heavy atom. The number of rotatable bonds is 3. The predicted molar refractivity (Wildman–Crippen MR) is 84.8 cm³/mol. The Morgan fingerprint density at radius 3 is 2.68 bits per heavy atom. The zero-order chi connectivity index (χ0) is 16.0. The van der Waals surface area contributed by atoms with Crippen LogP contribution in [0.5, 0.6) is 0 Å². The molecule has 2 heterocycles. The van der Waals surface area contributed by atoms with E-state index in [1.165, 1.54) is 23.3 Å². The van der Waals surface area contributed by atoms with Gasteiger partial charge in [0.05, 0.1) is 12.5 Å². The van der Waals surface area contributed by atoms with Gasteiger partial charge >= 0.3 is 11.7 Å². The zero-order valence-electron chi connectivity index (χ0n) is 12.8. The molecular weight excluding hydrogens is 304 g/mol. The number of nitrogens with zero attached hydrogens (tertiary/aromatic N) is 2. The van der Waals surface area contributed by atoms with E-state index in [-0.39, 0.29) is 18.1 Å². The van der Waals surface area contributed by atoms with Crippen molar-refractivity contribution in [2.75, 3.05) is 7.11 Å². The third-order valence-electron chi connectivity index (χ3n) is 4.05. The van der Waals surface area contributed by atoms with Crippen LogP contribution in [0, 0.1) is 0 Å². The second-order valence-corrected chi connectivity index (χ2v) is 6.83. The first kappa shape index (κ1) is 15.0. The normalized spacial score (nSPS) is 13.8. The molecule has 0 N–H and O–H groups in total. The van der Waals surface area contributed by atoms with Crippen molar-refractivity contribution in [3.63, 3.8) is 0 Å². The molecule has 6 nitrogen and oxygen atoms in total. The molecule has 0 saturated heterocycles. The largest absolute Gasteiger partial charge is 0.468 e. The number of esters is 1. The fraction of sp³-hybridized carbons (Fsp3) is 0.533. The maximum absolute atomic E-state index is 12.7. The number of hydrogen-bond donors (Lipinski definition) is 0. The van der Waals surface area contributed by atoms with E-state index in [2.05, 4.69) is 4.74 Å². The summed E-state index contributed by atoms with van der Waals surface area (Å²) < 4.78 is 7.22. The number of carbonyl (C=O) groups is 1. The van der Waals surface area contributed by atoms with Crippen molar-refractivity contribution >= 4 is 27.5 Å². The van der Waals surface area contributed by atoms with Gasteiger partial charge in [0.2, 0.25) is 0 Å². The number of fused-ring (bicyclic) bond motifs is 3. The number of ether oxygens (including phenoxy) is 1. The summed E-state index contributed by atoms with van der Waals surface area (Å²) in [5.74, 6) is -0.597. The molecule has 118 valence electrons. The monoisotopic (exact) mass is 322 g/mol. The van der Waals surface area contributed by atoms with Gasteiger partial charge in [0.25, 0.3) is 5.56 Å². The van der Waals surface area contributed by atoms with Gasteiger partial charge in [0.1, 0.15) is 11.4 Å². The molecule has 0 spiro atoms. The summed E-state index contributed by atoms with van der Waals surface area (Å²) in [6.45, 7) is 3.46. The topological polar surface area (TPSA) is 70.3 Å². The van der Waals surface area contributed by atoms with Crippen LogP contribution in [0.2, 0.25) is 0 Å². The summed E-state index contributed by atoms with van der Waals surface area (Å²) in [6, 6.07) is -0.0849. The van der Waals surface area contributed by atoms with E-state index in [9.17, 15) is 14.4 Å². The van der Waals surface area contributed by atoms with Crippen LogP contribution in [0.4, 0.5) is 0 Å².